The molecular formula is C68H48N2Si. The van der Waals surface area contributed by atoms with Crippen molar-refractivity contribution in [2.24, 2.45) is 0 Å². The second-order valence-corrected chi connectivity index (χ2v) is 22.2. The molecule has 0 bridgehead atoms. The average molecular weight is 921 g/mol. The molecule has 1 aliphatic rings. The molecule has 3 heteroatoms. The lowest BCUT2D eigenvalue weighted by Gasteiger charge is -2.45. The number of para-hydroxylation sites is 2. The smallest absolute Gasteiger partial charge is 0.184 e. The number of anilines is 6. The van der Waals surface area contributed by atoms with Gasteiger partial charge in [-0.2, -0.15) is 0 Å². The van der Waals surface area contributed by atoms with E-state index in [4.69, 9.17) is 0 Å². The zero-order valence-corrected chi connectivity index (χ0v) is 40.1. The highest BCUT2D eigenvalue weighted by atomic mass is 28.3. The molecule has 0 N–H and O–H groups in total. The molecule has 71 heavy (non-hydrogen) atoms. The van der Waals surface area contributed by atoms with Crippen LogP contribution < -0.4 is 30.5 Å². The van der Waals surface area contributed by atoms with E-state index in [1.165, 1.54) is 87.0 Å². The molecule has 0 aliphatic carbocycles. The number of benzene rings is 12. The Balaban J connectivity index is 0.945. The standard InChI is InChI=1S/C68H48N2Si/c1-4-22-55(23-5-1)70-65-32-14-15-33-67(65)71(59-24-6-2-7-25-59,60-26-8-3-9-27-60)68-48-54(40-47-66(68)70)49-34-41-56(42-35-49)69(57-43-36-52(37-44-57)63-30-16-20-50-18-10-12-28-61(50)63)58-45-38-53(39-46-58)64-31-17-21-51-19-11-13-29-62(51)64/h1-48H. The highest BCUT2D eigenvalue weighted by Gasteiger charge is 2.49. The summed E-state index contributed by atoms with van der Waals surface area (Å²) >= 11 is 0. The molecule has 0 amide bonds. The predicted molar refractivity (Wildman–Crippen MR) is 304 cm³/mol. The Morgan fingerprint density at radius 3 is 1.23 bits per heavy atom. The third-order valence-electron chi connectivity index (χ3n) is 14.5. The fraction of sp³-hybridized carbons (Fsp3) is 0. The van der Waals surface area contributed by atoms with Crippen molar-refractivity contribution in [3.8, 4) is 33.4 Å². The Hall–Kier alpha value is -9.02. The van der Waals surface area contributed by atoms with Crippen molar-refractivity contribution >= 4 is 84.5 Å². The van der Waals surface area contributed by atoms with E-state index in [1.54, 1.807) is 0 Å². The summed E-state index contributed by atoms with van der Waals surface area (Å²) in [6.07, 6.45) is 0. The van der Waals surface area contributed by atoms with Gasteiger partial charge in [0.05, 0.1) is 0 Å². The van der Waals surface area contributed by atoms with Gasteiger partial charge in [0.25, 0.3) is 0 Å². The van der Waals surface area contributed by atoms with Gasteiger partial charge in [-0.25, -0.2) is 0 Å². The molecule has 1 aliphatic heterocycles. The van der Waals surface area contributed by atoms with Gasteiger partial charge in [0.2, 0.25) is 0 Å². The lowest BCUT2D eigenvalue weighted by molar-refractivity contribution is 1.28. The van der Waals surface area contributed by atoms with Crippen LogP contribution in [-0.2, 0) is 0 Å². The lowest BCUT2D eigenvalue weighted by Crippen LogP contribution is -2.77. The van der Waals surface area contributed by atoms with E-state index >= 15 is 0 Å². The maximum atomic E-state index is 2.51. The first-order chi connectivity index (χ1) is 35.2. The molecule has 1 heterocycles. The van der Waals surface area contributed by atoms with Crippen molar-refractivity contribution in [1.82, 2.24) is 0 Å². The predicted octanol–water partition coefficient (Wildman–Crippen LogP) is 15.6. The van der Waals surface area contributed by atoms with E-state index < -0.39 is 8.07 Å². The molecule has 12 aromatic rings. The second-order valence-electron chi connectivity index (χ2n) is 18.4. The van der Waals surface area contributed by atoms with Crippen molar-refractivity contribution in [2.45, 2.75) is 0 Å². The van der Waals surface area contributed by atoms with Gasteiger partial charge in [-0.15, -0.1) is 0 Å². The third kappa shape index (κ3) is 7.26. The molecule has 0 atom stereocenters. The van der Waals surface area contributed by atoms with Gasteiger partial charge < -0.3 is 9.80 Å². The summed E-state index contributed by atoms with van der Waals surface area (Å²) in [6.45, 7) is 0. The zero-order chi connectivity index (χ0) is 47.1. The number of nitrogens with zero attached hydrogens (tertiary/aromatic N) is 2. The van der Waals surface area contributed by atoms with Crippen LogP contribution in [0.4, 0.5) is 34.1 Å². The highest BCUT2D eigenvalue weighted by Crippen LogP contribution is 2.42. The molecule has 0 saturated carbocycles. The van der Waals surface area contributed by atoms with Crippen LogP contribution in [0.3, 0.4) is 0 Å². The summed E-state index contributed by atoms with van der Waals surface area (Å²) < 4.78 is 0. The molecule has 2 nitrogen and oxygen atoms in total. The van der Waals surface area contributed by atoms with Gasteiger partial charge in [-0.05, 0) is 136 Å². The van der Waals surface area contributed by atoms with E-state index in [0.717, 1.165) is 22.7 Å². The third-order valence-corrected chi connectivity index (χ3v) is 19.4. The number of hydrogen-bond donors (Lipinski definition) is 0. The van der Waals surface area contributed by atoms with Gasteiger partial charge >= 0.3 is 0 Å². The molecule has 13 rings (SSSR count). The second kappa shape index (κ2) is 17.8. The van der Waals surface area contributed by atoms with E-state index in [0.29, 0.717) is 0 Å². The normalized spacial score (nSPS) is 12.6. The van der Waals surface area contributed by atoms with Crippen molar-refractivity contribution < 1.29 is 0 Å². The first-order valence-electron chi connectivity index (χ1n) is 24.5. The summed E-state index contributed by atoms with van der Waals surface area (Å²) in [5, 5.41) is 10.5. The van der Waals surface area contributed by atoms with Crippen LogP contribution in [-0.4, -0.2) is 8.07 Å². The molecule has 0 saturated heterocycles. The minimum absolute atomic E-state index is 1.09. The van der Waals surface area contributed by atoms with E-state index in [1.807, 2.05) is 0 Å². The van der Waals surface area contributed by atoms with E-state index in [-0.39, 0.29) is 0 Å². The fourth-order valence-corrected chi connectivity index (χ4v) is 16.4. The Morgan fingerprint density at radius 2 is 0.690 bits per heavy atom. The summed E-state index contributed by atoms with van der Waals surface area (Å²) in [5.74, 6) is 0. The van der Waals surface area contributed by atoms with Crippen molar-refractivity contribution in [2.75, 3.05) is 9.80 Å². The summed E-state index contributed by atoms with van der Waals surface area (Å²) in [6, 6.07) is 107. The zero-order valence-electron chi connectivity index (χ0n) is 39.1. The number of hydrogen-bond acceptors (Lipinski definition) is 2. The van der Waals surface area contributed by atoms with Crippen LogP contribution in [0.25, 0.3) is 54.9 Å². The van der Waals surface area contributed by atoms with Gasteiger partial charge in [0.15, 0.2) is 8.07 Å². The highest BCUT2D eigenvalue weighted by molar-refractivity contribution is 7.21. The Bertz CT molecular complexity index is 3680. The average Bonchev–Trinajstić information content (AvgIpc) is 3.45. The van der Waals surface area contributed by atoms with Gasteiger partial charge in [-0.1, -0.05) is 231 Å². The van der Waals surface area contributed by atoms with E-state index in [9.17, 15) is 0 Å². The molecule has 0 unspecified atom stereocenters. The lowest BCUT2D eigenvalue weighted by atomic mass is 9.97. The van der Waals surface area contributed by atoms with Crippen molar-refractivity contribution in [3.63, 3.8) is 0 Å². The molecule has 12 aromatic carbocycles. The quantitative estimate of drug-likeness (QED) is 0.133. The Morgan fingerprint density at radius 1 is 0.282 bits per heavy atom. The van der Waals surface area contributed by atoms with Crippen LogP contribution >= 0.6 is 0 Å². The van der Waals surface area contributed by atoms with Gasteiger partial charge in [0, 0.05) is 34.1 Å². The maximum Gasteiger partial charge on any atom is 0.184 e. The molecule has 0 aromatic heterocycles. The Labute approximate surface area is 416 Å². The number of rotatable bonds is 9. The van der Waals surface area contributed by atoms with Crippen LogP contribution in [0, 0.1) is 0 Å². The minimum atomic E-state index is -2.87. The summed E-state index contributed by atoms with van der Waals surface area (Å²) in [4.78, 5) is 4.86. The monoisotopic (exact) mass is 920 g/mol. The topological polar surface area (TPSA) is 6.48 Å². The minimum Gasteiger partial charge on any atom is -0.311 e. The van der Waals surface area contributed by atoms with Crippen molar-refractivity contribution in [1.29, 1.82) is 0 Å². The van der Waals surface area contributed by atoms with Crippen LogP contribution in [0.2, 0.25) is 0 Å². The van der Waals surface area contributed by atoms with Crippen LogP contribution in [0.15, 0.2) is 291 Å². The summed E-state index contributed by atoms with van der Waals surface area (Å²) in [7, 11) is -2.87. The summed E-state index contributed by atoms with van der Waals surface area (Å²) in [5.41, 5.74) is 14.1. The first kappa shape index (κ1) is 42.1. The van der Waals surface area contributed by atoms with Crippen molar-refractivity contribution in [3.05, 3.63) is 291 Å². The van der Waals surface area contributed by atoms with Crippen LogP contribution in [0.5, 0.6) is 0 Å². The SMILES string of the molecule is c1ccc(N2c3ccccc3[Si](c3ccccc3)(c3ccccc3)c3cc(-c4ccc(N(c5ccc(-c6cccc7ccccc67)cc5)c5ccc(-c6cccc7ccccc67)cc5)cc4)ccc32)cc1. The van der Waals surface area contributed by atoms with Gasteiger partial charge in [-0.3, -0.25) is 0 Å². The molecule has 0 radical (unpaired) electrons. The largest absolute Gasteiger partial charge is 0.311 e. The fourth-order valence-electron chi connectivity index (χ4n) is 11.3. The molecule has 0 fully saturated rings. The molecule has 334 valence electrons. The van der Waals surface area contributed by atoms with Crippen LogP contribution in [0.1, 0.15) is 0 Å². The van der Waals surface area contributed by atoms with E-state index in [2.05, 4.69) is 301 Å². The first-order valence-corrected chi connectivity index (χ1v) is 26.5. The maximum absolute atomic E-state index is 2.87. The van der Waals surface area contributed by atoms with Gasteiger partial charge in [0.1, 0.15) is 0 Å². The molecule has 0 spiro atoms. The number of fused-ring (bicyclic) bond motifs is 4. The molecular weight excluding hydrogens is 873 g/mol. The Kier molecular flexibility index (Phi) is 10.6.